The summed E-state index contributed by atoms with van der Waals surface area (Å²) in [5, 5.41) is 0.740. The third-order valence-electron chi connectivity index (χ3n) is 4.69. The van der Waals surface area contributed by atoms with Gasteiger partial charge >= 0.3 is 5.97 Å². The summed E-state index contributed by atoms with van der Waals surface area (Å²) < 4.78 is 7.51. The standard InChI is InChI=1S/C21H15ClN2O2S/c22-15-6-3-4-13(8-15)9-16-11-24-12-18(23-21(24)27-16)17-10-14-5-1-2-7-19(14)26-20(17)25/h1-8,10-12,14,19H,9H2/t14-,19+/m0/s1. The van der Waals surface area contributed by atoms with E-state index in [4.69, 9.17) is 16.3 Å². The topological polar surface area (TPSA) is 43.6 Å². The van der Waals surface area contributed by atoms with Crippen LogP contribution in [0.4, 0.5) is 0 Å². The highest BCUT2D eigenvalue weighted by Gasteiger charge is 2.31. The van der Waals surface area contributed by atoms with Crippen molar-refractivity contribution >= 4 is 39.4 Å². The fourth-order valence-electron chi connectivity index (χ4n) is 3.41. The number of carbonyl (C=O) groups is 1. The molecule has 2 atom stereocenters. The molecule has 2 aromatic heterocycles. The van der Waals surface area contributed by atoms with Gasteiger partial charge in [-0.2, -0.15) is 0 Å². The molecule has 0 unspecified atom stereocenters. The number of halogens is 1. The van der Waals surface area contributed by atoms with Crippen LogP contribution >= 0.6 is 22.9 Å². The maximum Gasteiger partial charge on any atom is 0.340 e. The number of allylic oxidation sites excluding steroid dienone is 2. The minimum atomic E-state index is -0.318. The fourth-order valence-corrected chi connectivity index (χ4v) is 4.62. The predicted molar refractivity (Wildman–Crippen MR) is 107 cm³/mol. The average molecular weight is 395 g/mol. The largest absolute Gasteiger partial charge is 0.454 e. The molecule has 0 radical (unpaired) electrons. The zero-order chi connectivity index (χ0) is 18.4. The first-order valence-electron chi connectivity index (χ1n) is 8.66. The lowest BCUT2D eigenvalue weighted by Crippen LogP contribution is -2.29. The number of rotatable bonds is 3. The van der Waals surface area contributed by atoms with Crippen LogP contribution in [0.15, 0.2) is 67.0 Å². The SMILES string of the molecule is O=C1O[C@@H]2C=CC=C[C@H]2C=C1c1cn2cc(Cc3cccc(Cl)c3)sc2n1. The number of hydrogen-bond acceptors (Lipinski definition) is 4. The lowest BCUT2D eigenvalue weighted by Gasteiger charge is -2.26. The van der Waals surface area contributed by atoms with E-state index in [9.17, 15) is 4.79 Å². The summed E-state index contributed by atoms with van der Waals surface area (Å²) in [5.74, 6) is -0.248. The molecule has 0 bridgehead atoms. The van der Waals surface area contributed by atoms with E-state index >= 15 is 0 Å². The second-order valence-corrected chi connectivity index (χ2v) is 8.15. The Kier molecular flexibility index (Phi) is 3.99. The number of esters is 1. The molecule has 1 aromatic carbocycles. The molecule has 0 fully saturated rings. The van der Waals surface area contributed by atoms with Crippen LogP contribution in [0, 0.1) is 5.92 Å². The molecule has 0 amide bonds. The Morgan fingerprint density at radius 3 is 2.96 bits per heavy atom. The smallest absolute Gasteiger partial charge is 0.340 e. The quantitative estimate of drug-likeness (QED) is 0.605. The summed E-state index contributed by atoms with van der Waals surface area (Å²) in [7, 11) is 0. The number of nitrogens with zero attached hydrogens (tertiary/aromatic N) is 2. The Hall–Kier alpha value is -2.63. The molecule has 6 heteroatoms. The minimum absolute atomic E-state index is 0.0702. The van der Waals surface area contributed by atoms with Gasteiger partial charge in [-0.1, -0.05) is 48.0 Å². The van der Waals surface area contributed by atoms with E-state index in [2.05, 4.69) is 17.2 Å². The van der Waals surface area contributed by atoms with E-state index in [1.54, 1.807) is 11.3 Å². The van der Waals surface area contributed by atoms with Crippen molar-refractivity contribution in [2.45, 2.75) is 12.5 Å². The number of fused-ring (bicyclic) bond motifs is 2. The van der Waals surface area contributed by atoms with Crippen LogP contribution in [-0.4, -0.2) is 21.5 Å². The molecule has 1 aliphatic carbocycles. The highest BCUT2D eigenvalue weighted by Crippen LogP contribution is 2.31. The molecule has 4 nitrogen and oxygen atoms in total. The van der Waals surface area contributed by atoms with Crippen molar-refractivity contribution < 1.29 is 9.53 Å². The van der Waals surface area contributed by atoms with Gasteiger partial charge in [-0.25, -0.2) is 9.78 Å². The molecular weight excluding hydrogens is 380 g/mol. The van der Waals surface area contributed by atoms with Crippen LogP contribution in [0.2, 0.25) is 5.02 Å². The molecule has 0 spiro atoms. The zero-order valence-electron chi connectivity index (χ0n) is 14.2. The van der Waals surface area contributed by atoms with Crippen LogP contribution < -0.4 is 0 Å². The summed E-state index contributed by atoms with van der Waals surface area (Å²) >= 11 is 7.68. The fraction of sp³-hybridized carbons (Fsp3) is 0.143. The highest BCUT2D eigenvalue weighted by molar-refractivity contribution is 7.17. The molecule has 0 N–H and O–H groups in total. The summed E-state index contributed by atoms with van der Waals surface area (Å²) in [5.41, 5.74) is 2.35. The summed E-state index contributed by atoms with van der Waals surface area (Å²) in [6.07, 6.45) is 14.3. The van der Waals surface area contributed by atoms with Crippen molar-refractivity contribution in [3.63, 3.8) is 0 Å². The molecule has 134 valence electrons. The van der Waals surface area contributed by atoms with E-state index in [0.29, 0.717) is 11.3 Å². The van der Waals surface area contributed by atoms with Gasteiger partial charge in [0.15, 0.2) is 4.96 Å². The molecule has 1 aliphatic heterocycles. The molecule has 2 aliphatic rings. The molecule has 0 saturated carbocycles. The van der Waals surface area contributed by atoms with Gasteiger partial charge in [-0.15, -0.1) is 11.3 Å². The number of imidazole rings is 1. The number of ether oxygens (including phenoxy) is 1. The Morgan fingerprint density at radius 2 is 2.11 bits per heavy atom. The van der Waals surface area contributed by atoms with Crippen molar-refractivity contribution in [3.8, 4) is 0 Å². The van der Waals surface area contributed by atoms with E-state index in [1.807, 2.05) is 59.2 Å². The van der Waals surface area contributed by atoms with Gasteiger partial charge in [0.2, 0.25) is 0 Å². The van der Waals surface area contributed by atoms with Crippen LogP contribution in [0.5, 0.6) is 0 Å². The average Bonchev–Trinajstić information content (AvgIpc) is 3.19. The first-order valence-corrected chi connectivity index (χ1v) is 9.85. The van der Waals surface area contributed by atoms with E-state index in [0.717, 1.165) is 22.0 Å². The third kappa shape index (κ3) is 3.13. The van der Waals surface area contributed by atoms with Gasteiger partial charge in [0.25, 0.3) is 0 Å². The Labute approximate surface area is 165 Å². The maximum atomic E-state index is 12.4. The number of thiazole rings is 1. The molecule has 0 saturated heterocycles. The number of hydrogen-bond donors (Lipinski definition) is 0. The van der Waals surface area contributed by atoms with E-state index in [1.165, 1.54) is 4.88 Å². The number of aromatic nitrogens is 2. The van der Waals surface area contributed by atoms with Gasteiger partial charge in [0.05, 0.1) is 11.3 Å². The second kappa shape index (κ2) is 6.51. The van der Waals surface area contributed by atoms with Crippen LogP contribution in [-0.2, 0) is 16.0 Å². The number of benzene rings is 1. The highest BCUT2D eigenvalue weighted by atomic mass is 35.5. The monoisotopic (exact) mass is 394 g/mol. The molecule has 3 aromatic rings. The van der Waals surface area contributed by atoms with Crippen molar-refractivity contribution in [1.29, 1.82) is 0 Å². The van der Waals surface area contributed by atoms with Gasteiger partial charge < -0.3 is 4.74 Å². The lowest BCUT2D eigenvalue weighted by molar-refractivity contribution is -0.141. The van der Waals surface area contributed by atoms with Gasteiger partial charge in [-0.3, -0.25) is 4.40 Å². The first-order chi connectivity index (χ1) is 13.2. The maximum absolute atomic E-state index is 12.4. The zero-order valence-corrected chi connectivity index (χ0v) is 15.8. The van der Waals surface area contributed by atoms with Crippen molar-refractivity contribution in [1.82, 2.24) is 9.38 Å². The molecule has 27 heavy (non-hydrogen) atoms. The number of carbonyl (C=O) groups excluding carboxylic acids is 1. The van der Waals surface area contributed by atoms with Crippen LogP contribution in [0.25, 0.3) is 10.5 Å². The second-order valence-electron chi connectivity index (χ2n) is 6.62. The Morgan fingerprint density at radius 1 is 1.22 bits per heavy atom. The first kappa shape index (κ1) is 16.5. The van der Waals surface area contributed by atoms with E-state index < -0.39 is 0 Å². The summed E-state index contributed by atoms with van der Waals surface area (Å²) in [4.78, 5) is 19.1. The third-order valence-corrected chi connectivity index (χ3v) is 5.93. The predicted octanol–water partition coefficient (Wildman–Crippen LogP) is 4.69. The summed E-state index contributed by atoms with van der Waals surface area (Å²) in [6.45, 7) is 0. The van der Waals surface area contributed by atoms with Gasteiger partial charge in [0.1, 0.15) is 6.10 Å². The Balaban J connectivity index is 1.43. The molecule has 5 rings (SSSR count). The summed E-state index contributed by atoms with van der Waals surface area (Å²) in [6, 6.07) is 7.86. The minimum Gasteiger partial charge on any atom is -0.454 e. The van der Waals surface area contributed by atoms with Crippen molar-refractivity contribution in [2.24, 2.45) is 5.92 Å². The lowest BCUT2D eigenvalue weighted by atomic mass is 9.92. The van der Waals surface area contributed by atoms with Crippen molar-refractivity contribution in [2.75, 3.05) is 0 Å². The van der Waals surface area contributed by atoms with Gasteiger partial charge in [0, 0.05) is 34.6 Å². The van der Waals surface area contributed by atoms with Crippen LogP contribution in [0.3, 0.4) is 0 Å². The van der Waals surface area contributed by atoms with E-state index in [-0.39, 0.29) is 18.0 Å². The normalized spacial score (nSPS) is 21.2. The molecular formula is C21H15ClN2O2S. The van der Waals surface area contributed by atoms with Crippen molar-refractivity contribution in [3.05, 3.63) is 88.2 Å². The van der Waals surface area contributed by atoms with Gasteiger partial charge in [-0.05, 0) is 23.8 Å². The molecule has 3 heterocycles. The van der Waals surface area contributed by atoms with Crippen LogP contribution in [0.1, 0.15) is 16.1 Å². The Bertz CT molecular complexity index is 1110.